The van der Waals surface area contributed by atoms with Crippen LogP contribution in [0.3, 0.4) is 0 Å². The van der Waals surface area contributed by atoms with Gasteiger partial charge in [0.05, 0.1) is 0 Å². The summed E-state index contributed by atoms with van der Waals surface area (Å²) in [6.07, 6.45) is 0. The molecule has 0 fully saturated rings. The molecular weight excluding hydrogens is 263 g/mol. The smallest absolute Gasteiger partial charge is 0.317 e. The van der Waals surface area contributed by atoms with Crippen molar-refractivity contribution in [2.24, 2.45) is 0 Å². The van der Waals surface area contributed by atoms with E-state index in [0.29, 0.717) is 0 Å². The van der Waals surface area contributed by atoms with Crippen LogP contribution < -0.4 is 0 Å². The van der Waals surface area contributed by atoms with Crippen molar-refractivity contribution in [2.45, 2.75) is 0 Å². The Balaban J connectivity index is -0.00000000750. The fraction of sp³-hybridized carbons (Fsp3) is 0. The maximum Gasteiger partial charge on any atom is 0.317 e. The third-order valence-electron chi connectivity index (χ3n) is 0. The molecule has 0 N–H and O–H groups in total. The molecule has 8 heteroatoms. The molecule has 2 unspecified atom stereocenters. The molecule has 0 aliphatic rings. The molecule has 1 radical (unpaired) electrons. The van der Waals surface area contributed by atoms with Gasteiger partial charge in [0.25, 0.3) is 0 Å². The second kappa shape index (κ2) is 22.5. The quantitative estimate of drug-likeness (QED) is 0.361. The van der Waals surface area contributed by atoms with Gasteiger partial charge in [0.1, 0.15) is 0 Å². The van der Waals surface area contributed by atoms with Crippen LogP contribution in [-0.4, -0.2) is 42.7 Å². The topological polar surface area (TPSA) is 17.1 Å². The van der Waals surface area contributed by atoms with Crippen molar-refractivity contribution in [3.63, 3.8) is 0 Å². The van der Waals surface area contributed by atoms with Gasteiger partial charge in [-0.2, -0.15) is 0 Å². The first-order valence-corrected chi connectivity index (χ1v) is 5.81. The summed E-state index contributed by atoms with van der Waals surface area (Å²) in [7, 11) is 3.04. The van der Waals surface area contributed by atoms with Crippen molar-refractivity contribution in [3.8, 4) is 0 Å². The third kappa shape index (κ3) is 60.8. The van der Waals surface area contributed by atoms with Crippen LogP contribution in [0.4, 0.5) is 0 Å². The summed E-state index contributed by atoms with van der Waals surface area (Å²) in [5, 5.41) is 0. The van der Waals surface area contributed by atoms with E-state index in [9.17, 15) is 4.46 Å². The average Bonchev–Trinajstić information content (AvgIpc) is 0.811. The van der Waals surface area contributed by atoms with Crippen molar-refractivity contribution >= 4 is 60.3 Å². The third-order valence-corrected chi connectivity index (χ3v) is 0. The molecule has 47 valence electrons. The molecule has 0 rings (SSSR count). The molecule has 0 aromatic heterocycles. The van der Waals surface area contributed by atoms with Gasteiger partial charge in [-0.3, -0.25) is 0 Å². The predicted octanol–water partition coefficient (Wildman–Crippen LogP) is -2.22. The van der Waals surface area contributed by atoms with Gasteiger partial charge in [-0.25, -0.2) is 0 Å². The molecule has 0 amide bonds. The van der Waals surface area contributed by atoms with Crippen LogP contribution in [0.15, 0.2) is 0 Å². The normalized spacial score (nSPS) is 3.25. The average molecular weight is 273 g/mol. The second-order valence-corrected chi connectivity index (χ2v) is 6.62. The summed E-state index contributed by atoms with van der Waals surface area (Å²) in [4.78, 5) is 0. The van der Waals surface area contributed by atoms with Gasteiger partial charge < -0.3 is 4.46 Å². The summed E-state index contributed by atoms with van der Waals surface area (Å²) in [5.41, 5.74) is 0. The number of rotatable bonds is 0. The Morgan fingerprint density at radius 3 is 1.12 bits per heavy atom. The van der Waals surface area contributed by atoms with Gasteiger partial charge in [0, 0.05) is 38.8 Å². The molecule has 0 aromatic rings. The van der Waals surface area contributed by atoms with Crippen LogP contribution >= 0.6 is 17.6 Å². The standard InChI is InChI=1S/2Al.Mn.H4OP2Si.Ti.6H/c;;;1-4(2)3;;;;;;;/h;;;2-3H2;;;;;;;. The van der Waals surface area contributed by atoms with E-state index in [0.717, 1.165) is 0 Å². The predicted molar refractivity (Wildman–Crippen MR) is 45.7 cm³/mol. The number of hydrogen-bond donors (Lipinski definition) is 0. The second-order valence-electron chi connectivity index (χ2n) is 0.402. The van der Waals surface area contributed by atoms with Crippen molar-refractivity contribution in [2.75, 3.05) is 0 Å². The zero-order valence-corrected chi connectivity index (χ0v) is 8.99. The van der Waals surface area contributed by atoms with Crippen molar-refractivity contribution < 1.29 is 43.2 Å². The summed E-state index contributed by atoms with van der Waals surface area (Å²) >= 11 is 0. The molecule has 8 heavy (non-hydrogen) atoms. The zero-order chi connectivity index (χ0) is 3.58. The van der Waals surface area contributed by atoms with Crippen LogP contribution in [0.2, 0.25) is 0 Å². The van der Waals surface area contributed by atoms with E-state index in [2.05, 4.69) is 17.6 Å². The van der Waals surface area contributed by atoms with E-state index in [1.54, 1.807) is 0 Å². The fourth-order valence-electron chi connectivity index (χ4n) is 0. The Bertz CT molecular complexity index is 43.0. The molecule has 0 saturated carbocycles. The van der Waals surface area contributed by atoms with E-state index in [-0.39, 0.29) is 73.5 Å². The van der Waals surface area contributed by atoms with Gasteiger partial charge in [-0.1, -0.05) is 17.6 Å². The maximum atomic E-state index is 9.56. The van der Waals surface area contributed by atoms with Crippen molar-refractivity contribution in [1.82, 2.24) is 0 Å². The molecule has 0 spiro atoms. The minimum absolute atomic E-state index is 0. The Labute approximate surface area is 102 Å². The summed E-state index contributed by atoms with van der Waals surface area (Å²) in [6, 6.07) is 0. The molecule has 0 aromatic carbocycles. The summed E-state index contributed by atoms with van der Waals surface area (Å²) in [6.45, 7) is 0. The van der Waals surface area contributed by atoms with Crippen LogP contribution in [0, 0.1) is 0 Å². The van der Waals surface area contributed by atoms with Crippen LogP contribution in [0.1, 0.15) is 0 Å². The molecule has 1 nitrogen and oxygen atoms in total. The molecule has 0 heterocycles. The van der Waals surface area contributed by atoms with E-state index >= 15 is 0 Å². The Morgan fingerprint density at radius 1 is 1.12 bits per heavy atom. The van der Waals surface area contributed by atoms with Crippen LogP contribution in [0.25, 0.3) is 0 Å². The van der Waals surface area contributed by atoms with Crippen molar-refractivity contribution in [1.29, 1.82) is 0 Å². The minimum atomic E-state index is -1.30. The summed E-state index contributed by atoms with van der Waals surface area (Å²) in [5.74, 6) is 0. The largest absolute Gasteiger partial charge is 0.378 e. The van der Waals surface area contributed by atoms with Gasteiger partial charge >= 0.3 is 8.02 Å². The molecule has 0 bridgehead atoms. The summed E-state index contributed by atoms with van der Waals surface area (Å²) < 4.78 is 9.56. The monoisotopic (exact) mass is 273 g/mol. The molecule has 2 atom stereocenters. The van der Waals surface area contributed by atoms with Gasteiger partial charge in [-0.15, -0.1) is 0 Å². The first kappa shape index (κ1) is 30.3. The van der Waals surface area contributed by atoms with Gasteiger partial charge in [0.2, 0.25) is 0 Å². The molecule has 0 saturated heterocycles. The van der Waals surface area contributed by atoms with Gasteiger partial charge in [-0.05, 0) is 0 Å². The molecule has 0 aliphatic heterocycles. The van der Waals surface area contributed by atoms with E-state index in [4.69, 9.17) is 0 Å². The van der Waals surface area contributed by atoms with E-state index in [1.165, 1.54) is 0 Å². The van der Waals surface area contributed by atoms with E-state index < -0.39 is 8.02 Å². The molecule has 0 aliphatic carbocycles. The zero-order valence-electron chi connectivity index (χ0n) is 2.94. The van der Waals surface area contributed by atoms with Gasteiger partial charge in [0.15, 0.2) is 34.7 Å². The fourth-order valence-corrected chi connectivity index (χ4v) is 0. The first-order chi connectivity index (χ1) is 1.73. The van der Waals surface area contributed by atoms with Crippen LogP contribution in [-0.2, 0) is 43.2 Å². The van der Waals surface area contributed by atoms with Crippen molar-refractivity contribution in [3.05, 3.63) is 0 Å². The Kier molecular flexibility index (Phi) is 85.2. The Morgan fingerprint density at radius 2 is 1.12 bits per heavy atom. The Hall–Kier alpha value is 3.18. The molecular formula is H10Al2MnOP2SiTi. The van der Waals surface area contributed by atoms with E-state index in [1.807, 2.05) is 0 Å². The number of hydrogen-bond acceptors (Lipinski definition) is 1. The maximum absolute atomic E-state index is 9.56. The minimum Gasteiger partial charge on any atom is -0.378 e. The van der Waals surface area contributed by atoms with Crippen LogP contribution in [0.5, 0.6) is 0 Å². The first-order valence-electron chi connectivity index (χ1n) is 0.781. The SMILES string of the molecule is O=[Si](P)P.[AlH3].[AlH3].[Mn].[Ti].